The van der Waals surface area contributed by atoms with Crippen molar-refractivity contribution in [3.63, 3.8) is 0 Å². The van der Waals surface area contributed by atoms with Gasteiger partial charge in [-0.05, 0) is 38.1 Å². The van der Waals surface area contributed by atoms with Crippen LogP contribution in [-0.2, 0) is 0 Å². The van der Waals surface area contributed by atoms with Gasteiger partial charge in [-0.1, -0.05) is 33.3 Å². The van der Waals surface area contributed by atoms with Crippen LogP contribution in [0.3, 0.4) is 0 Å². The molecule has 2 aromatic heterocycles. The molecule has 5 nitrogen and oxygen atoms in total. The number of nitrogens with zero attached hydrogens (tertiary/aromatic N) is 4. The third-order valence-corrected chi connectivity index (χ3v) is 5.73. The smallest absolute Gasteiger partial charge is 0.230 e. The lowest BCUT2D eigenvalue weighted by atomic mass is 10.0. The number of hydrogen-bond acceptors (Lipinski definition) is 5. The van der Waals surface area contributed by atoms with Crippen molar-refractivity contribution in [2.75, 3.05) is 13.1 Å². The highest BCUT2D eigenvalue weighted by atomic mass is 79.9. The highest BCUT2D eigenvalue weighted by molar-refractivity contribution is 9.10. The van der Waals surface area contributed by atoms with Crippen LogP contribution in [0.1, 0.15) is 29.3 Å². The summed E-state index contributed by atoms with van der Waals surface area (Å²) in [5, 5.41) is 14.6. The Labute approximate surface area is 144 Å². The molecular formula is C15H14BrFN4OS. The Kier molecular flexibility index (Phi) is 3.82. The van der Waals surface area contributed by atoms with Crippen molar-refractivity contribution >= 4 is 32.2 Å². The van der Waals surface area contributed by atoms with Gasteiger partial charge in [0.15, 0.2) is 0 Å². The van der Waals surface area contributed by atoms with Gasteiger partial charge in [-0.25, -0.2) is 9.37 Å². The monoisotopic (exact) mass is 396 g/mol. The van der Waals surface area contributed by atoms with Crippen LogP contribution < -0.4 is 0 Å². The largest absolute Gasteiger partial charge is 0.492 e. The summed E-state index contributed by atoms with van der Waals surface area (Å²) in [4.78, 5) is 7.63. The summed E-state index contributed by atoms with van der Waals surface area (Å²) in [7, 11) is 0. The quantitative estimate of drug-likeness (QED) is 0.734. The van der Waals surface area contributed by atoms with Gasteiger partial charge < -0.3 is 5.11 Å². The zero-order valence-corrected chi connectivity index (χ0v) is 14.5. The van der Waals surface area contributed by atoms with Crippen LogP contribution in [0.15, 0.2) is 29.0 Å². The summed E-state index contributed by atoms with van der Waals surface area (Å²) in [5.74, 6) is -0.239. The minimum Gasteiger partial charge on any atom is -0.492 e. The van der Waals surface area contributed by atoms with E-state index in [4.69, 9.17) is 0 Å². The first-order chi connectivity index (χ1) is 11.1. The van der Waals surface area contributed by atoms with Crippen molar-refractivity contribution in [2.24, 2.45) is 0 Å². The van der Waals surface area contributed by atoms with Crippen LogP contribution in [0, 0.1) is 5.82 Å². The summed E-state index contributed by atoms with van der Waals surface area (Å²) in [5.41, 5.74) is 0.565. The molecule has 23 heavy (non-hydrogen) atoms. The molecule has 0 spiro atoms. The first-order valence-corrected chi connectivity index (χ1v) is 8.96. The van der Waals surface area contributed by atoms with E-state index in [2.05, 4.69) is 30.9 Å². The predicted octanol–water partition coefficient (Wildman–Crippen LogP) is 3.58. The number of fused-ring (bicyclic) bond motifs is 1. The summed E-state index contributed by atoms with van der Waals surface area (Å²) in [6.07, 6.45) is 3.56. The van der Waals surface area contributed by atoms with Crippen molar-refractivity contribution in [3.05, 3.63) is 45.3 Å². The Morgan fingerprint density at radius 1 is 1.30 bits per heavy atom. The van der Waals surface area contributed by atoms with E-state index in [1.807, 2.05) is 6.07 Å². The van der Waals surface area contributed by atoms with E-state index in [0.29, 0.717) is 19.9 Å². The molecule has 1 atom stereocenters. The average molecular weight is 397 g/mol. The lowest BCUT2D eigenvalue weighted by Gasteiger charge is -2.27. The molecule has 120 valence electrons. The number of likely N-dealkylation sites (tertiary alicyclic amines) is 1. The number of aromatic nitrogens is 3. The fraction of sp³-hybridized carbons (Fsp3) is 0.333. The summed E-state index contributed by atoms with van der Waals surface area (Å²) in [6, 6.07) is 4.75. The van der Waals surface area contributed by atoms with Crippen molar-refractivity contribution in [1.29, 1.82) is 0 Å². The zero-order chi connectivity index (χ0) is 16.0. The summed E-state index contributed by atoms with van der Waals surface area (Å²) >= 11 is 4.65. The first kappa shape index (κ1) is 15.0. The fourth-order valence-corrected chi connectivity index (χ4v) is 4.51. The van der Waals surface area contributed by atoms with Crippen LogP contribution >= 0.6 is 27.3 Å². The minimum absolute atomic E-state index is 0.0433. The van der Waals surface area contributed by atoms with E-state index in [0.717, 1.165) is 25.9 Å². The fourth-order valence-electron chi connectivity index (χ4n) is 3.10. The van der Waals surface area contributed by atoms with Crippen LogP contribution in [0.2, 0.25) is 0 Å². The van der Waals surface area contributed by atoms with Crippen molar-refractivity contribution in [2.45, 2.75) is 18.9 Å². The van der Waals surface area contributed by atoms with Crippen LogP contribution in [0.5, 0.6) is 5.88 Å². The molecule has 0 aliphatic carbocycles. The molecule has 0 unspecified atom stereocenters. The Morgan fingerprint density at radius 3 is 2.78 bits per heavy atom. The maximum absolute atomic E-state index is 14.6. The number of thiazole rings is 1. The maximum Gasteiger partial charge on any atom is 0.230 e. The number of halogens is 2. The minimum atomic E-state index is -0.320. The number of benzene rings is 1. The molecule has 0 saturated carbocycles. The Bertz CT molecular complexity index is 858. The normalized spacial score (nSPS) is 17.1. The second kappa shape index (κ2) is 5.85. The number of rotatable bonds is 3. The number of aromatic hydroxyl groups is 1. The zero-order valence-electron chi connectivity index (χ0n) is 12.1. The molecule has 1 aromatic carbocycles. The van der Waals surface area contributed by atoms with Gasteiger partial charge in [0.05, 0.1) is 10.9 Å². The lowest BCUT2D eigenvalue weighted by Crippen LogP contribution is -2.26. The summed E-state index contributed by atoms with van der Waals surface area (Å²) < 4.78 is 16.7. The van der Waals surface area contributed by atoms with Gasteiger partial charge in [0.2, 0.25) is 10.8 Å². The highest BCUT2D eigenvalue weighted by Gasteiger charge is 2.32. The Balaban J connectivity index is 1.88. The third-order valence-electron chi connectivity index (χ3n) is 4.15. The molecule has 3 heterocycles. The van der Waals surface area contributed by atoms with E-state index in [-0.39, 0.29) is 17.7 Å². The molecule has 3 aromatic rings. The molecule has 1 aliphatic rings. The van der Waals surface area contributed by atoms with Gasteiger partial charge >= 0.3 is 0 Å². The van der Waals surface area contributed by atoms with E-state index in [1.165, 1.54) is 28.2 Å². The molecule has 8 heteroatoms. The van der Waals surface area contributed by atoms with Gasteiger partial charge in [0.25, 0.3) is 0 Å². The molecule has 0 radical (unpaired) electrons. The van der Waals surface area contributed by atoms with Gasteiger partial charge in [0, 0.05) is 10.0 Å². The SMILES string of the molecule is Oc1c([C@H](c2ccc(Br)cc2F)N2CCCC2)sc2ncnn12. The van der Waals surface area contributed by atoms with Crippen molar-refractivity contribution in [3.8, 4) is 5.88 Å². The maximum atomic E-state index is 14.6. The Morgan fingerprint density at radius 2 is 2.09 bits per heavy atom. The van der Waals surface area contributed by atoms with E-state index < -0.39 is 0 Å². The van der Waals surface area contributed by atoms with Crippen molar-refractivity contribution in [1.82, 2.24) is 19.5 Å². The third kappa shape index (κ3) is 2.54. The highest BCUT2D eigenvalue weighted by Crippen LogP contribution is 2.41. The standard InChI is InChI=1S/C15H14BrFN4OS/c16-9-3-4-10(11(17)7-9)12(20-5-1-2-6-20)13-14(22)21-15(23-13)18-8-19-21/h3-4,7-8,12,22H,1-2,5-6H2/t12-/m0/s1. The molecule has 4 rings (SSSR count). The predicted molar refractivity (Wildman–Crippen MR) is 89.3 cm³/mol. The second-order valence-electron chi connectivity index (χ2n) is 5.56. The molecule has 1 aliphatic heterocycles. The first-order valence-electron chi connectivity index (χ1n) is 7.35. The van der Waals surface area contributed by atoms with Gasteiger partial charge in [0.1, 0.15) is 12.1 Å². The van der Waals surface area contributed by atoms with E-state index in [9.17, 15) is 9.50 Å². The molecule has 1 saturated heterocycles. The van der Waals surface area contributed by atoms with Gasteiger partial charge in [-0.15, -0.1) is 0 Å². The topological polar surface area (TPSA) is 53.7 Å². The molecule has 1 fully saturated rings. The van der Waals surface area contributed by atoms with E-state index in [1.54, 1.807) is 6.07 Å². The van der Waals surface area contributed by atoms with Crippen LogP contribution in [-0.4, -0.2) is 37.7 Å². The van der Waals surface area contributed by atoms with Gasteiger partial charge in [-0.2, -0.15) is 9.61 Å². The van der Waals surface area contributed by atoms with E-state index >= 15 is 0 Å². The van der Waals surface area contributed by atoms with Crippen molar-refractivity contribution < 1.29 is 9.50 Å². The summed E-state index contributed by atoms with van der Waals surface area (Å²) in [6.45, 7) is 1.76. The Hall–Kier alpha value is -1.51. The van der Waals surface area contributed by atoms with Crippen LogP contribution in [0.4, 0.5) is 4.39 Å². The molecule has 0 amide bonds. The molecular weight excluding hydrogens is 383 g/mol. The average Bonchev–Trinajstić information content (AvgIpc) is 3.23. The second-order valence-corrected chi connectivity index (χ2v) is 7.48. The van der Waals surface area contributed by atoms with Gasteiger partial charge in [-0.3, -0.25) is 4.90 Å². The van der Waals surface area contributed by atoms with Crippen LogP contribution in [0.25, 0.3) is 4.96 Å². The number of hydrogen-bond donors (Lipinski definition) is 1. The lowest BCUT2D eigenvalue weighted by molar-refractivity contribution is 0.271. The molecule has 1 N–H and O–H groups in total. The molecule has 0 bridgehead atoms.